The number of ether oxygens (including phenoxy) is 1. The van der Waals surface area contributed by atoms with Gasteiger partial charge in [0.15, 0.2) is 17.7 Å². The number of benzene rings is 2. The average Bonchev–Trinajstić information content (AvgIpc) is 2.45. The highest BCUT2D eigenvalue weighted by atomic mass is 19.2. The summed E-state index contributed by atoms with van der Waals surface area (Å²) >= 11 is 0. The Morgan fingerprint density at radius 2 is 1.86 bits per heavy atom. The van der Waals surface area contributed by atoms with Crippen molar-refractivity contribution in [3.63, 3.8) is 0 Å². The fourth-order valence-electron chi connectivity index (χ4n) is 1.76. The lowest BCUT2D eigenvalue weighted by molar-refractivity contribution is -0.122. The monoisotopic (exact) mass is 291 g/mol. The van der Waals surface area contributed by atoms with Crippen molar-refractivity contribution in [2.24, 2.45) is 0 Å². The molecular formula is C16H15F2NO2. The summed E-state index contributed by atoms with van der Waals surface area (Å²) in [5, 5.41) is 2.72. The molecule has 0 bridgehead atoms. The molecule has 0 saturated heterocycles. The lowest BCUT2D eigenvalue weighted by atomic mass is 10.2. The van der Waals surface area contributed by atoms with Crippen LogP contribution in [0.25, 0.3) is 0 Å². The van der Waals surface area contributed by atoms with E-state index in [0.717, 1.165) is 17.7 Å². The van der Waals surface area contributed by atoms with E-state index in [9.17, 15) is 13.6 Å². The zero-order valence-corrected chi connectivity index (χ0v) is 11.7. The molecule has 2 aromatic rings. The topological polar surface area (TPSA) is 38.3 Å². The maximum atomic E-state index is 13.1. The molecule has 0 aliphatic rings. The van der Waals surface area contributed by atoms with Crippen LogP contribution in [0.4, 0.5) is 14.5 Å². The number of nitrogens with one attached hydrogen (secondary N) is 1. The van der Waals surface area contributed by atoms with E-state index in [1.165, 1.54) is 13.0 Å². The normalized spacial score (nSPS) is 11.8. The van der Waals surface area contributed by atoms with E-state index in [2.05, 4.69) is 5.32 Å². The minimum atomic E-state index is -1.01. The number of rotatable bonds is 4. The van der Waals surface area contributed by atoms with Gasteiger partial charge >= 0.3 is 0 Å². The Hall–Kier alpha value is -2.43. The summed E-state index contributed by atoms with van der Waals surface area (Å²) in [4.78, 5) is 12.0. The molecule has 0 aliphatic heterocycles. The van der Waals surface area contributed by atoms with E-state index in [1.807, 2.05) is 25.1 Å². The van der Waals surface area contributed by atoms with Crippen LogP contribution in [0, 0.1) is 18.6 Å². The highest BCUT2D eigenvalue weighted by Crippen LogP contribution is 2.18. The van der Waals surface area contributed by atoms with Crippen molar-refractivity contribution in [2.75, 3.05) is 5.32 Å². The maximum Gasteiger partial charge on any atom is 0.265 e. The summed E-state index contributed by atoms with van der Waals surface area (Å²) in [6.45, 7) is 3.41. The molecule has 0 aliphatic carbocycles. The molecule has 21 heavy (non-hydrogen) atoms. The number of halogens is 2. The van der Waals surface area contributed by atoms with E-state index in [4.69, 9.17) is 4.74 Å². The lowest BCUT2D eigenvalue weighted by Gasteiger charge is -2.15. The Kier molecular flexibility index (Phi) is 4.52. The van der Waals surface area contributed by atoms with Gasteiger partial charge in [0, 0.05) is 11.8 Å². The fourth-order valence-corrected chi connectivity index (χ4v) is 1.76. The summed E-state index contributed by atoms with van der Waals surface area (Å²) in [6.07, 6.45) is -0.838. The second-order valence-electron chi connectivity index (χ2n) is 4.64. The fraction of sp³-hybridized carbons (Fsp3) is 0.188. The number of hydrogen-bond acceptors (Lipinski definition) is 2. The van der Waals surface area contributed by atoms with Crippen LogP contribution in [0.3, 0.4) is 0 Å². The molecule has 110 valence electrons. The molecule has 0 heterocycles. The van der Waals surface area contributed by atoms with Gasteiger partial charge in [-0.3, -0.25) is 4.79 Å². The van der Waals surface area contributed by atoms with Gasteiger partial charge in [-0.15, -0.1) is 0 Å². The van der Waals surface area contributed by atoms with Crippen molar-refractivity contribution >= 4 is 11.6 Å². The van der Waals surface area contributed by atoms with Crippen molar-refractivity contribution in [3.05, 3.63) is 59.7 Å². The highest BCUT2D eigenvalue weighted by molar-refractivity contribution is 5.94. The molecule has 2 rings (SSSR count). The van der Waals surface area contributed by atoms with Crippen molar-refractivity contribution in [1.82, 2.24) is 0 Å². The van der Waals surface area contributed by atoms with Crippen molar-refractivity contribution in [3.8, 4) is 5.75 Å². The molecule has 0 fully saturated rings. The van der Waals surface area contributed by atoms with Crippen LogP contribution in [-0.2, 0) is 4.79 Å². The van der Waals surface area contributed by atoms with Gasteiger partial charge in [0.1, 0.15) is 5.75 Å². The summed E-state index contributed by atoms with van der Waals surface area (Å²) in [5.41, 5.74) is 1.61. The van der Waals surface area contributed by atoms with E-state index in [1.54, 1.807) is 6.07 Å². The first-order valence-corrected chi connectivity index (χ1v) is 6.45. The van der Waals surface area contributed by atoms with Crippen LogP contribution in [0.15, 0.2) is 42.5 Å². The number of carbonyl (C=O) groups excluding carboxylic acids is 1. The first-order valence-electron chi connectivity index (χ1n) is 6.45. The summed E-state index contributed by atoms with van der Waals surface area (Å²) in [5.74, 6) is -2.24. The molecule has 0 aromatic heterocycles. The Labute approximate surface area is 121 Å². The van der Waals surface area contributed by atoms with Gasteiger partial charge in [0.05, 0.1) is 0 Å². The Bertz CT molecular complexity index is 658. The third-order valence-electron chi connectivity index (χ3n) is 2.98. The number of hydrogen-bond donors (Lipinski definition) is 1. The highest BCUT2D eigenvalue weighted by Gasteiger charge is 2.16. The van der Waals surface area contributed by atoms with Crippen molar-refractivity contribution < 1.29 is 18.3 Å². The summed E-state index contributed by atoms with van der Waals surface area (Å²) in [7, 11) is 0. The molecule has 1 unspecified atom stereocenters. The van der Waals surface area contributed by atoms with Gasteiger partial charge in [-0.05, 0) is 37.6 Å². The lowest BCUT2D eigenvalue weighted by Crippen LogP contribution is -2.30. The van der Waals surface area contributed by atoms with Crippen LogP contribution in [0.5, 0.6) is 5.75 Å². The maximum absolute atomic E-state index is 13.1. The van der Waals surface area contributed by atoms with Gasteiger partial charge in [-0.1, -0.05) is 18.2 Å². The molecule has 1 N–H and O–H groups in total. The SMILES string of the molecule is Cc1ccccc1NC(=O)C(C)Oc1ccc(F)c(F)c1. The van der Waals surface area contributed by atoms with Crippen LogP contribution in [0.1, 0.15) is 12.5 Å². The van der Waals surface area contributed by atoms with Crippen molar-refractivity contribution in [2.45, 2.75) is 20.0 Å². The Morgan fingerprint density at radius 3 is 2.52 bits per heavy atom. The van der Waals surface area contributed by atoms with Crippen LogP contribution >= 0.6 is 0 Å². The number of amides is 1. The number of anilines is 1. The molecule has 0 radical (unpaired) electrons. The van der Waals surface area contributed by atoms with Crippen LogP contribution < -0.4 is 10.1 Å². The molecule has 5 heteroatoms. The van der Waals surface area contributed by atoms with Gasteiger partial charge in [-0.25, -0.2) is 8.78 Å². The molecule has 1 atom stereocenters. The molecule has 0 spiro atoms. The first-order chi connectivity index (χ1) is 9.97. The minimum Gasteiger partial charge on any atom is -0.481 e. The predicted molar refractivity (Wildman–Crippen MR) is 76.3 cm³/mol. The number of para-hydroxylation sites is 1. The second kappa shape index (κ2) is 6.35. The minimum absolute atomic E-state index is 0.0985. The van der Waals surface area contributed by atoms with E-state index in [-0.39, 0.29) is 11.7 Å². The third-order valence-corrected chi connectivity index (χ3v) is 2.98. The molecule has 3 nitrogen and oxygen atoms in total. The van der Waals surface area contributed by atoms with Crippen LogP contribution in [-0.4, -0.2) is 12.0 Å². The standard InChI is InChI=1S/C16H15F2NO2/c1-10-5-3-4-6-15(10)19-16(20)11(2)21-12-7-8-13(17)14(18)9-12/h3-9,11H,1-2H3,(H,19,20). The zero-order valence-electron chi connectivity index (χ0n) is 11.7. The van der Waals surface area contributed by atoms with E-state index >= 15 is 0 Å². The molecule has 2 aromatic carbocycles. The van der Waals surface area contributed by atoms with Gasteiger partial charge < -0.3 is 10.1 Å². The van der Waals surface area contributed by atoms with Gasteiger partial charge in [0.25, 0.3) is 5.91 Å². The van der Waals surface area contributed by atoms with Gasteiger partial charge in [0.2, 0.25) is 0 Å². The smallest absolute Gasteiger partial charge is 0.265 e. The third kappa shape index (κ3) is 3.78. The zero-order chi connectivity index (χ0) is 15.4. The van der Waals surface area contributed by atoms with E-state index in [0.29, 0.717) is 5.69 Å². The summed E-state index contributed by atoms with van der Waals surface area (Å²) in [6, 6.07) is 10.5. The number of aryl methyl sites for hydroxylation is 1. The van der Waals surface area contributed by atoms with Gasteiger partial charge in [-0.2, -0.15) is 0 Å². The number of carbonyl (C=O) groups is 1. The Morgan fingerprint density at radius 1 is 1.14 bits per heavy atom. The summed E-state index contributed by atoms with van der Waals surface area (Å²) < 4.78 is 31.2. The average molecular weight is 291 g/mol. The second-order valence-corrected chi connectivity index (χ2v) is 4.64. The molecule has 0 saturated carbocycles. The van der Waals surface area contributed by atoms with Crippen molar-refractivity contribution in [1.29, 1.82) is 0 Å². The first kappa shape index (κ1) is 15.0. The molecule has 1 amide bonds. The quantitative estimate of drug-likeness (QED) is 0.933. The predicted octanol–water partition coefficient (Wildman–Crippen LogP) is 3.68. The van der Waals surface area contributed by atoms with E-state index < -0.39 is 17.7 Å². The van der Waals surface area contributed by atoms with Crippen LogP contribution in [0.2, 0.25) is 0 Å². The largest absolute Gasteiger partial charge is 0.481 e. The molecular weight excluding hydrogens is 276 g/mol. The Balaban J connectivity index is 2.02.